The Kier molecular flexibility index (Phi) is 8.57. The molecule has 0 aliphatic heterocycles. The highest BCUT2D eigenvalue weighted by Gasteiger charge is 1.98. The van der Waals surface area contributed by atoms with E-state index in [1.54, 1.807) is 14.2 Å². The standard InChI is InChI=1S/C9H11O2.2ClH.Mg/c1-7-6-8(10-2)4-5-9(7)11-3;;;/h4-6H,1H2,2-3H3;2*1H;/q;;;+2/p-2. The number of ether oxygens (including phenoxy) is 2. The molecule has 0 atom stereocenters. The highest BCUT2D eigenvalue weighted by Crippen LogP contribution is 2.22. The molecular formula is C9H11Cl2MgO2. The molecule has 0 unspecified atom stereocenters. The van der Waals surface area contributed by atoms with Crippen LogP contribution in [0.5, 0.6) is 11.5 Å². The van der Waals surface area contributed by atoms with Crippen LogP contribution < -0.4 is 9.47 Å². The van der Waals surface area contributed by atoms with Gasteiger partial charge in [0.15, 0.2) is 0 Å². The van der Waals surface area contributed by atoms with Gasteiger partial charge in [0, 0.05) is 0 Å². The third kappa shape index (κ3) is 5.15. The fourth-order valence-electron chi connectivity index (χ4n) is 0.882. The maximum absolute atomic E-state index is 5.03. The molecule has 0 aliphatic carbocycles. The van der Waals surface area contributed by atoms with Crippen molar-refractivity contribution < 1.29 is 9.47 Å². The van der Waals surface area contributed by atoms with Crippen LogP contribution in [0.2, 0.25) is 0 Å². The van der Waals surface area contributed by atoms with E-state index in [2.05, 4.69) is 6.92 Å². The second-order valence-corrected chi connectivity index (χ2v) is 4.91. The number of benzene rings is 1. The van der Waals surface area contributed by atoms with Gasteiger partial charge in [-0.1, -0.05) is 0 Å². The Morgan fingerprint density at radius 1 is 1.21 bits per heavy atom. The van der Waals surface area contributed by atoms with Gasteiger partial charge in [0.2, 0.25) is 0 Å². The Bertz CT molecular complexity index is 269. The Morgan fingerprint density at radius 3 is 2.14 bits per heavy atom. The summed E-state index contributed by atoms with van der Waals surface area (Å²) in [5, 5.41) is 0. The molecule has 1 aromatic rings. The van der Waals surface area contributed by atoms with Crippen LogP contribution in [-0.4, -0.2) is 32.4 Å². The quantitative estimate of drug-likeness (QED) is 0.747. The predicted octanol–water partition coefficient (Wildman–Crippen LogP) is 2.88. The molecule has 0 N–H and O–H groups in total. The van der Waals surface area contributed by atoms with E-state index in [0.717, 1.165) is 17.1 Å². The Balaban J connectivity index is 0.000000500. The lowest BCUT2D eigenvalue weighted by Crippen LogP contribution is -1.88. The first-order chi connectivity index (χ1) is 6.69. The van der Waals surface area contributed by atoms with E-state index in [0.29, 0.717) is 0 Å². The van der Waals surface area contributed by atoms with Crippen LogP contribution in [0, 0.1) is 6.92 Å². The molecule has 0 saturated carbocycles. The van der Waals surface area contributed by atoms with Crippen LogP contribution >= 0.6 is 18.1 Å². The smallest absolute Gasteiger partial charge is 0.497 e. The van der Waals surface area contributed by atoms with E-state index in [1.165, 1.54) is 0 Å². The summed E-state index contributed by atoms with van der Waals surface area (Å²) in [5.74, 6) is 1.58. The first-order valence-corrected chi connectivity index (χ1v) is 8.13. The lowest BCUT2D eigenvalue weighted by Gasteiger charge is -2.05. The van der Waals surface area contributed by atoms with Crippen LogP contribution in [0.4, 0.5) is 0 Å². The van der Waals surface area contributed by atoms with Gasteiger partial charge in [0.25, 0.3) is 0 Å². The second kappa shape index (κ2) is 8.47. The fraction of sp³-hybridized carbons (Fsp3) is 0.222. The van der Waals surface area contributed by atoms with Crippen molar-refractivity contribution in [1.29, 1.82) is 0 Å². The Morgan fingerprint density at radius 2 is 1.79 bits per heavy atom. The average Bonchev–Trinajstić information content (AvgIpc) is 2.19. The molecule has 5 heteroatoms. The van der Waals surface area contributed by atoms with Gasteiger partial charge in [-0.3, -0.25) is 0 Å². The predicted molar refractivity (Wildman–Crippen MR) is 61.5 cm³/mol. The van der Waals surface area contributed by atoms with Gasteiger partial charge in [-0.05, 0) is 30.7 Å². The van der Waals surface area contributed by atoms with E-state index in [9.17, 15) is 0 Å². The molecule has 0 saturated heterocycles. The molecule has 75 valence electrons. The zero-order valence-electron chi connectivity index (χ0n) is 8.22. The van der Waals surface area contributed by atoms with Crippen molar-refractivity contribution in [3.63, 3.8) is 0 Å². The van der Waals surface area contributed by atoms with Gasteiger partial charge in [-0.15, -0.1) is 0 Å². The minimum Gasteiger partial charge on any atom is -0.497 e. The summed E-state index contributed by atoms with van der Waals surface area (Å²) in [7, 11) is 13.1. The molecule has 0 aliphatic rings. The van der Waals surface area contributed by atoms with E-state index < -0.39 is 18.2 Å². The summed E-state index contributed by atoms with van der Waals surface area (Å²) >= 11 is -0.639. The number of rotatable bonds is 2. The van der Waals surface area contributed by atoms with Crippen LogP contribution in [0.3, 0.4) is 0 Å². The van der Waals surface area contributed by atoms with Gasteiger partial charge < -0.3 is 27.6 Å². The molecule has 1 aromatic carbocycles. The van der Waals surface area contributed by atoms with Crippen molar-refractivity contribution in [2.24, 2.45) is 0 Å². The maximum Gasteiger partial charge on any atom is 0.618 e. The first kappa shape index (κ1) is 14.2. The van der Waals surface area contributed by atoms with Gasteiger partial charge in [-0.25, -0.2) is 0 Å². The Hall–Kier alpha value is 0.166. The van der Waals surface area contributed by atoms with Crippen molar-refractivity contribution in [3.8, 4) is 11.5 Å². The monoisotopic (exact) mass is 245 g/mol. The Labute approximate surface area is 102 Å². The number of halogens is 2. The average molecular weight is 246 g/mol. The van der Waals surface area contributed by atoms with Gasteiger partial charge in [0.05, 0.1) is 14.2 Å². The molecule has 0 heterocycles. The highest BCUT2D eigenvalue weighted by molar-refractivity contribution is 7.22. The molecule has 14 heavy (non-hydrogen) atoms. The third-order valence-corrected chi connectivity index (χ3v) is 1.49. The van der Waals surface area contributed by atoms with Crippen LogP contribution in [0.1, 0.15) is 5.56 Å². The zero-order valence-corrected chi connectivity index (χ0v) is 11.1. The van der Waals surface area contributed by atoms with Gasteiger partial charge in [-0.2, -0.15) is 0 Å². The highest BCUT2D eigenvalue weighted by atomic mass is 35.6. The number of hydrogen-bond acceptors (Lipinski definition) is 2. The lowest BCUT2D eigenvalue weighted by atomic mass is 10.2. The summed E-state index contributed by atoms with van der Waals surface area (Å²) in [6.45, 7) is 3.79. The van der Waals surface area contributed by atoms with E-state index in [1.807, 2.05) is 18.2 Å². The van der Waals surface area contributed by atoms with Gasteiger partial charge in [0.1, 0.15) is 11.5 Å². The van der Waals surface area contributed by atoms with Crippen molar-refractivity contribution in [1.82, 2.24) is 0 Å². The lowest BCUT2D eigenvalue weighted by molar-refractivity contribution is 0.401. The molecule has 0 bridgehead atoms. The summed E-state index contributed by atoms with van der Waals surface area (Å²) in [4.78, 5) is 0. The van der Waals surface area contributed by atoms with E-state index >= 15 is 0 Å². The van der Waals surface area contributed by atoms with Crippen LogP contribution in [-0.2, 0) is 0 Å². The summed E-state index contributed by atoms with van der Waals surface area (Å²) < 4.78 is 10.0. The van der Waals surface area contributed by atoms with Crippen molar-refractivity contribution >= 4 is 36.3 Å². The van der Waals surface area contributed by atoms with Crippen molar-refractivity contribution in [2.45, 2.75) is 0 Å². The summed E-state index contributed by atoms with van der Waals surface area (Å²) in [6, 6.07) is 5.51. The van der Waals surface area contributed by atoms with Crippen LogP contribution in [0.15, 0.2) is 18.2 Å². The first-order valence-electron chi connectivity index (χ1n) is 3.85. The van der Waals surface area contributed by atoms with Crippen LogP contribution in [0.25, 0.3) is 0 Å². The molecule has 1 rings (SSSR count). The zero-order chi connectivity index (χ0) is 11.0. The molecule has 0 fully saturated rings. The van der Waals surface area contributed by atoms with Crippen molar-refractivity contribution in [3.05, 3.63) is 30.7 Å². The molecular weight excluding hydrogens is 235 g/mol. The topological polar surface area (TPSA) is 18.5 Å². The molecule has 1 radical (unpaired) electrons. The largest absolute Gasteiger partial charge is 0.618 e. The van der Waals surface area contributed by atoms with E-state index in [4.69, 9.17) is 27.6 Å². The second-order valence-electron chi connectivity index (χ2n) is 2.28. The molecule has 2 nitrogen and oxygen atoms in total. The normalized spacial score (nSPS) is 8.07. The van der Waals surface area contributed by atoms with Crippen molar-refractivity contribution in [2.75, 3.05) is 14.2 Å². The molecule has 0 amide bonds. The molecule has 0 aromatic heterocycles. The maximum atomic E-state index is 5.03. The third-order valence-electron chi connectivity index (χ3n) is 1.49. The number of hydrogen-bond donors (Lipinski definition) is 0. The minimum absolute atomic E-state index is 0.639. The summed E-state index contributed by atoms with van der Waals surface area (Å²) in [5.41, 5.74) is 0.840. The summed E-state index contributed by atoms with van der Waals surface area (Å²) in [6.07, 6.45) is 0. The van der Waals surface area contributed by atoms with Gasteiger partial charge >= 0.3 is 18.2 Å². The fourth-order valence-corrected chi connectivity index (χ4v) is 0.882. The minimum atomic E-state index is -0.639. The SMILES string of the molecule is [CH2]c1cc(OC)ccc1OC.[Cl][Mg][Cl]. The molecule has 0 spiro atoms. The van der Waals surface area contributed by atoms with E-state index in [-0.39, 0.29) is 0 Å². The number of methoxy groups -OCH3 is 2.